The SMILES string of the molecule is COc1ccc(OC)c(COc2csc(C(=O)O)c2)c1. The predicted octanol–water partition coefficient (Wildman–Crippen LogP) is 3.04. The van der Waals surface area contributed by atoms with Crippen LogP contribution in [0.3, 0.4) is 0 Å². The first-order valence-corrected chi connectivity index (χ1v) is 6.67. The van der Waals surface area contributed by atoms with Gasteiger partial charge in [0.05, 0.1) is 14.2 Å². The van der Waals surface area contributed by atoms with Gasteiger partial charge in [0.15, 0.2) is 0 Å². The fraction of sp³-hybridized carbons (Fsp3) is 0.214. The fourth-order valence-electron chi connectivity index (χ4n) is 1.66. The summed E-state index contributed by atoms with van der Waals surface area (Å²) >= 11 is 1.13. The van der Waals surface area contributed by atoms with Gasteiger partial charge in [-0.1, -0.05) is 0 Å². The van der Waals surface area contributed by atoms with Crippen LogP contribution in [0, 0.1) is 0 Å². The van der Waals surface area contributed by atoms with Crippen LogP contribution in [-0.2, 0) is 6.61 Å². The lowest BCUT2D eigenvalue weighted by molar-refractivity contribution is 0.0702. The summed E-state index contributed by atoms with van der Waals surface area (Å²) in [5.74, 6) is 0.974. The number of methoxy groups -OCH3 is 2. The summed E-state index contributed by atoms with van der Waals surface area (Å²) < 4.78 is 16.0. The van der Waals surface area contributed by atoms with Gasteiger partial charge in [-0.25, -0.2) is 4.79 Å². The predicted molar refractivity (Wildman–Crippen MR) is 75.2 cm³/mol. The molecule has 0 saturated carbocycles. The molecule has 2 rings (SSSR count). The minimum Gasteiger partial charge on any atom is -0.497 e. The smallest absolute Gasteiger partial charge is 0.346 e. The summed E-state index contributed by atoms with van der Waals surface area (Å²) in [4.78, 5) is 11.0. The Morgan fingerprint density at radius 1 is 1.20 bits per heavy atom. The molecule has 0 unspecified atom stereocenters. The number of thiophene rings is 1. The van der Waals surface area contributed by atoms with E-state index in [9.17, 15) is 4.79 Å². The Kier molecular flexibility index (Phi) is 4.47. The molecule has 0 spiro atoms. The van der Waals surface area contributed by atoms with E-state index in [0.717, 1.165) is 16.9 Å². The van der Waals surface area contributed by atoms with Crippen molar-refractivity contribution in [2.75, 3.05) is 14.2 Å². The van der Waals surface area contributed by atoms with E-state index in [1.807, 2.05) is 6.07 Å². The highest BCUT2D eigenvalue weighted by molar-refractivity contribution is 7.12. The molecule has 1 heterocycles. The van der Waals surface area contributed by atoms with Gasteiger partial charge in [-0.2, -0.15) is 0 Å². The molecule has 6 heteroatoms. The molecule has 0 saturated heterocycles. The van der Waals surface area contributed by atoms with Gasteiger partial charge in [0, 0.05) is 17.0 Å². The van der Waals surface area contributed by atoms with Gasteiger partial charge in [-0.3, -0.25) is 0 Å². The molecule has 0 aliphatic carbocycles. The number of carboxylic acids is 1. The third kappa shape index (κ3) is 3.21. The summed E-state index contributed by atoms with van der Waals surface area (Å²) in [6, 6.07) is 6.92. The van der Waals surface area contributed by atoms with Crippen molar-refractivity contribution < 1.29 is 24.1 Å². The minimum absolute atomic E-state index is 0.248. The standard InChI is InChI=1S/C14H14O5S/c1-17-10-3-4-12(18-2)9(5-10)7-19-11-6-13(14(15)16)20-8-11/h3-6,8H,7H2,1-2H3,(H,15,16). The van der Waals surface area contributed by atoms with Crippen molar-refractivity contribution >= 4 is 17.3 Å². The van der Waals surface area contributed by atoms with Gasteiger partial charge in [-0.15, -0.1) is 11.3 Å². The molecule has 0 bridgehead atoms. The minimum atomic E-state index is -0.955. The molecule has 0 aliphatic rings. The zero-order valence-electron chi connectivity index (χ0n) is 11.1. The lowest BCUT2D eigenvalue weighted by Crippen LogP contribution is -1.99. The second-order valence-electron chi connectivity index (χ2n) is 3.92. The van der Waals surface area contributed by atoms with Crippen molar-refractivity contribution in [2.24, 2.45) is 0 Å². The van der Waals surface area contributed by atoms with E-state index < -0.39 is 5.97 Å². The lowest BCUT2D eigenvalue weighted by atomic mass is 10.2. The van der Waals surface area contributed by atoms with Crippen molar-refractivity contribution in [1.82, 2.24) is 0 Å². The number of benzene rings is 1. The molecule has 1 aromatic heterocycles. The second kappa shape index (κ2) is 6.29. The molecular formula is C14H14O5S. The largest absolute Gasteiger partial charge is 0.497 e. The Morgan fingerprint density at radius 2 is 2.00 bits per heavy atom. The Labute approximate surface area is 120 Å². The van der Waals surface area contributed by atoms with E-state index in [0.29, 0.717) is 17.2 Å². The highest BCUT2D eigenvalue weighted by atomic mass is 32.1. The van der Waals surface area contributed by atoms with Crippen LogP contribution in [0.25, 0.3) is 0 Å². The molecule has 1 aromatic carbocycles. The third-order valence-corrected chi connectivity index (χ3v) is 3.56. The van der Waals surface area contributed by atoms with Crippen LogP contribution >= 0.6 is 11.3 Å². The van der Waals surface area contributed by atoms with Crippen molar-refractivity contribution in [3.63, 3.8) is 0 Å². The van der Waals surface area contributed by atoms with Crippen molar-refractivity contribution in [1.29, 1.82) is 0 Å². The van der Waals surface area contributed by atoms with Crippen LogP contribution in [0.2, 0.25) is 0 Å². The average molecular weight is 294 g/mol. The van der Waals surface area contributed by atoms with Crippen LogP contribution in [0.5, 0.6) is 17.2 Å². The number of rotatable bonds is 6. The third-order valence-electron chi connectivity index (χ3n) is 2.67. The molecule has 0 radical (unpaired) electrons. The zero-order valence-corrected chi connectivity index (χ0v) is 11.9. The monoisotopic (exact) mass is 294 g/mol. The van der Waals surface area contributed by atoms with Gasteiger partial charge >= 0.3 is 5.97 Å². The van der Waals surface area contributed by atoms with Gasteiger partial charge in [-0.05, 0) is 18.2 Å². The first-order valence-electron chi connectivity index (χ1n) is 5.79. The summed E-state index contributed by atoms with van der Waals surface area (Å²) in [5, 5.41) is 10.5. The van der Waals surface area contributed by atoms with E-state index in [1.165, 1.54) is 6.07 Å². The van der Waals surface area contributed by atoms with Crippen molar-refractivity contribution in [3.8, 4) is 17.2 Å². The van der Waals surface area contributed by atoms with E-state index in [-0.39, 0.29) is 11.5 Å². The topological polar surface area (TPSA) is 65.0 Å². The highest BCUT2D eigenvalue weighted by Crippen LogP contribution is 2.27. The number of hydrogen-bond donors (Lipinski definition) is 1. The number of carbonyl (C=O) groups is 1. The van der Waals surface area contributed by atoms with Gasteiger partial charge < -0.3 is 19.3 Å². The van der Waals surface area contributed by atoms with Crippen LogP contribution in [0.1, 0.15) is 15.2 Å². The molecule has 20 heavy (non-hydrogen) atoms. The van der Waals surface area contributed by atoms with Gasteiger partial charge in [0.2, 0.25) is 0 Å². The van der Waals surface area contributed by atoms with Crippen LogP contribution in [-0.4, -0.2) is 25.3 Å². The first kappa shape index (κ1) is 14.2. The Morgan fingerprint density at radius 3 is 2.60 bits per heavy atom. The average Bonchev–Trinajstić information content (AvgIpc) is 2.93. The van der Waals surface area contributed by atoms with Crippen molar-refractivity contribution in [2.45, 2.75) is 6.61 Å². The van der Waals surface area contributed by atoms with Crippen LogP contribution in [0.4, 0.5) is 0 Å². The molecule has 5 nitrogen and oxygen atoms in total. The number of hydrogen-bond acceptors (Lipinski definition) is 5. The summed E-state index contributed by atoms with van der Waals surface area (Å²) in [6.07, 6.45) is 0. The van der Waals surface area contributed by atoms with Gasteiger partial charge in [0.25, 0.3) is 0 Å². The number of aromatic carboxylic acids is 1. The zero-order chi connectivity index (χ0) is 14.5. The van der Waals surface area contributed by atoms with Gasteiger partial charge in [0.1, 0.15) is 28.7 Å². The lowest BCUT2D eigenvalue weighted by Gasteiger charge is -2.10. The Hall–Kier alpha value is -2.21. The van der Waals surface area contributed by atoms with E-state index in [1.54, 1.807) is 31.7 Å². The quantitative estimate of drug-likeness (QED) is 0.887. The molecule has 2 aromatic rings. The summed E-state index contributed by atoms with van der Waals surface area (Å²) in [6.45, 7) is 0.274. The van der Waals surface area contributed by atoms with Crippen LogP contribution < -0.4 is 14.2 Å². The van der Waals surface area contributed by atoms with E-state index in [4.69, 9.17) is 19.3 Å². The molecule has 106 valence electrons. The molecule has 0 aliphatic heterocycles. The number of carboxylic acid groups (broad SMARTS) is 1. The maximum Gasteiger partial charge on any atom is 0.346 e. The maximum absolute atomic E-state index is 10.8. The molecule has 0 amide bonds. The molecule has 0 atom stereocenters. The second-order valence-corrected chi connectivity index (χ2v) is 4.83. The number of ether oxygens (including phenoxy) is 3. The molecular weight excluding hydrogens is 280 g/mol. The molecule has 1 N–H and O–H groups in total. The Balaban J connectivity index is 2.10. The van der Waals surface area contributed by atoms with Crippen LogP contribution in [0.15, 0.2) is 29.6 Å². The fourth-order valence-corrected chi connectivity index (χ4v) is 2.33. The van der Waals surface area contributed by atoms with Crippen molar-refractivity contribution in [3.05, 3.63) is 40.1 Å². The van der Waals surface area contributed by atoms with E-state index >= 15 is 0 Å². The molecule has 0 fully saturated rings. The summed E-state index contributed by atoms with van der Waals surface area (Å²) in [5.41, 5.74) is 0.829. The Bertz CT molecular complexity index is 605. The normalized spacial score (nSPS) is 10.1. The van der Waals surface area contributed by atoms with E-state index in [2.05, 4.69) is 0 Å². The summed E-state index contributed by atoms with van der Waals surface area (Å²) in [7, 11) is 3.17. The highest BCUT2D eigenvalue weighted by Gasteiger charge is 2.10. The maximum atomic E-state index is 10.8. The first-order chi connectivity index (χ1) is 9.63.